The van der Waals surface area contributed by atoms with Gasteiger partial charge in [0, 0.05) is 11.8 Å². The predicted octanol–water partition coefficient (Wildman–Crippen LogP) is 4.17. The van der Waals surface area contributed by atoms with Crippen LogP contribution in [0.1, 0.15) is 5.56 Å². The predicted molar refractivity (Wildman–Crippen MR) is 78.7 cm³/mol. The summed E-state index contributed by atoms with van der Waals surface area (Å²) in [5, 5.41) is 0. The lowest BCUT2D eigenvalue weighted by molar-refractivity contribution is -0.137. The van der Waals surface area contributed by atoms with E-state index in [1.54, 1.807) is 16.7 Å². The number of nitrogens with zero attached hydrogens (tertiary/aromatic N) is 2. The zero-order chi connectivity index (χ0) is 17.3. The highest BCUT2D eigenvalue weighted by Gasteiger charge is 2.30. The summed E-state index contributed by atoms with van der Waals surface area (Å²) in [6, 6.07) is 7.88. The largest absolute Gasteiger partial charge is 0.513 e. The van der Waals surface area contributed by atoms with Crippen molar-refractivity contribution in [3.8, 4) is 17.0 Å². The number of hydrogen-bond donors (Lipinski definition) is 0. The van der Waals surface area contributed by atoms with Crippen molar-refractivity contribution in [3.05, 3.63) is 54.4 Å². The molecular formula is C16H11F3N2O3. The second-order valence-corrected chi connectivity index (χ2v) is 4.89. The molecule has 0 saturated heterocycles. The summed E-state index contributed by atoms with van der Waals surface area (Å²) >= 11 is 0. The van der Waals surface area contributed by atoms with Crippen molar-refractivity contribution in [3.63, 3.8) is 0 Å². The molecule has 0 aliphatic heterocycles. The Labute approximate surface area is 134 Å². The summed E-state index contributed by atoms with van der Waals surface area (Å²) in [6.07, 6.45) is -2.08. The minimum atomic E-state index is -4.38. The number of carbonyl (C=O) groups is 1. The number of imidazole rings is 1. The van der Waals surface area contributed by atoms with Gasteiger partial charge < -0.3 is 13.9 Å². The molecule has 0 N–H and O–H groups in total. The number of alkyl halides is 3. The molecule has 3 aromatic rings. The number of hydrogen-bond acceptors (Lipinski definition) is 4. The molecule has 0 bridgehead atoms. The Morgan fingerprint density at radius 3 is 2.42 bits per heavy atom. The molecule has 124 valence electrons. The van der Waals surface area contributed by atoms with Crippen LogP contribution in [0.25, 0.3) is 16.9 Å². The molecule has 0 atom stereocenters. The highest BCUT2D eigenvalue weighted by molar-refractivity contribution is 5.65. The highest BCUT2D eigenvalue weighted by Crippen LogP contribution is 2.31. The lowest BCUT2D eigenvalue weighted by atomic mass is 10.1. The highest BCUT2D eigenvalue weighted by atomic mass is 19.4. The van der Waals surface area contributed by atoms with Crippen LogP contribution >= 0.6 is 0 Å². The molecule has 3 rings (SSSR count). The molecule has 24 heavy (non-hydrogen) atoms. The summed E-state index contributed by atoms with van der Waals surface area (Å²) in [4.78, 5) is 15.4. The van der Waals surface area contributed by atoms with Crippen molar-refractivity contribution in [2.24, 2.45) is 0 Å². The van der Waals surface area contributed by atoms with Crippen LogP contribution in [0.3, 0.4) is 0 Å². The topological polar surface area (TPSA) is 52.8 Å². The summed E-state index contributed by atoms with van der Waals surface area (Å²) in [5.41, 5.74) is 0.881. The van der Waals surface area contributed by atoms with Crippen LogP contribution in [-0.2, 0) is 10.9 Å². The zero-order valence-electron chi connectivity index (χ0n) is 12.4. The Morgan fingerprint density at radius 2 is 1.79 bits per heavy atom. The molecule has 0 spiro atoms. The molecule has 0 fully saturated rings. The Balaban J connectivity index is 1.91. The van der Waals surface area contributed by atoms with Gasteiger partial charge in [-0.25, -0.2) is 9.78 Å². The first-order valence-corrected chi connectivity index (χ1v) is 6.79. The van der Waals surface area contributed by atoms with E-state index >= 15 is 0 Å². The minimum absolute atomic E-state index is 0.255. The first kappa shape index (κ1) is 15.9. The number of methoxy groups -OCH3 is 1. The Bertz CT molecular complexity index is 886. The van der Waals surface area contributed by atoms with Crippen LogP contribution < -0.4 is 4.74 Å². The lowest BCUT2D eigenvalue weighted by Crippen LogP contribution is -2.07. The summed E-state index contributed by atoms with van der Waals surface area (Å²) in [7, 11) is 1.20. The van der Waals surface area contributed by atoms with Gasteiger partial charge in [0.05, 0.1) is 24.6 Å². The average molecular weight is 336 g/mol. The zero-order valence-corrected chi connectivity index (χ0v) is 12.4. The molecule has 8 heteroatoms. The molecule has 0 aliphatic rings. The normalized spacial score (nSPS) is 11.5. The number of rotatable bonds is 2. The van der Waals surface area contributed by atoms with Crippen molar-refractivity contribution in [1.29, 1.82) is 0 Å². The quantitative estimate of drug-likeness (QED) is 0.659. The van der Waals surface area contributed by atoms with E-state index in [-0.39, 0.29) is 5.75 Å². The van der Waals surface area contributed by atoms with Gasteiger partial charge in [0.25, 0.3) is 0 Å². The number of fused-ring (bicyclic) bond motifs is 1. The van der Waals surface area contributed by atoms with Crippen LogP contribution in [0.5, 0.6) is 5.75 Å². The third kappa shape index (κ3) is 3.17. The third-order valence-corrected chi connectivity index (χ3v) is 3.30. The van der Waals surface area contributed by atoms with Gasteiger partial charge in [-0.3, -0.25) is 0 Å². The van der Waals surface area contributed by atoms with E-state index in [0.29, 0.717) is 16.9 Å². The fourth-order valence-corrected chi connectivity index (χ4v) is 2.14. The Kier molecular flexibility index (Phi) is 3.88. The van der Waals surface area contributed by atoms with Crippen LogP contribution in [0.2, 0.25) is 0 Å². The number of ether oxygens (including phenoxy) is 2. The smallest absolute Gasteiger partial charge is 0.437 e. The van der Waals surface area contributed by atoms with E-state index in [0.717, 1.165) is 12.1 Å². The maximum Gasteiger partial charge on any atom is 0.513 e. The number of carbonyl (C=O) groups excluding carboxylic acids is 1. The molecule has 0 amide bonds. The van der Waals surface area contributed by atoms with Gasteiger partial charge in [0.1, 0.15) is 5.65 Å². The monoisotopic (exact) mass is 336 g/mol. The second kappa shape index (κ2) is 5.88. The standard InChI is InChI=1S/C16H11F3N2O3/c1-23-15(22)24-12-6-7-14-20-13(9-21(14)8-12)10-2-4-11(5-3-10)16(17,18)19/h2-9H,1H3. The first-order valence-electron chi connectivity index (χ1n) is 6.79. The van der Waals surface area contributed by atoms with Crippen LogP contribution in [0.15, 0.2) is 48.8 Å². The van der Waals surface area contributed by atoms with Gasteiger partial charge in [-0.05, 0) is 24.3 Å². The van der Waals surface area contributed by atoms with Crippen LogP contribution in [0.4, 0.5) is 18.0 Å². The van der Waals surface area contributed by atoms with E-state index in [1.807, 2.05) is 0 Å². The molecule has 0 unspecified atom stereocenters. The van der Waals surface area contributed by atoms with Crippen LogP contribution in [0, 0.1) is 0 Å². The van der Waals surface area contributed by atoms with Crippen molar-refractivity contribution < 1.29 is 27.4 Å². The summed E-state index contributed by atoms with van der Waals surface area (Å²) in [6.45, 7) is 0. The van der Waals surface area contributed by atoms with E-state index < -0.39 is 17.9 Å². The van der Waals surface area contributed by atoms with Gasteiger partial charge in [0.2, 0.25) is 0 Å². The molecule has 2 heterocycles. The SMILES string of the molecule is COC(=O)Oc1ccc2nc(-c3ccc(C(F)(F)F)cc3)cn2c1. The fraction of sp³-hybridized carbons (Fsp3) is 0.125. The first-order chi connectivity index (χ1) is 11.4. The van der Waals surface area contributed by atoms with Crippen LogP contribution in [-0.4, -0.2) is 22.6 Å². The van der Waals surface area contributed by atoms with Gasteiger partial charge in [0.15, 0.2) is 5.75 Å². The van der Waals surface area contributed by atoms with Crippen molar-refractivity contribution >= 4 is 11.8 Å². The van der Waals surface area contributed by atoms with Gasteiger partial charge in [-0.1, -0.05) is 12.1 Å². The van der Waals surface area contributed by atoms with Crippen molar-refractivity contribution in [2.75, 3.05) is 7.11 Å². The second-order valence-electron chi connectivity index (χ2n) is 4.89. The molecule has 2 aromatic heterocycles. The molecule has 0 saturated carbocycles. The van der Waals surface area contributed by atoms with E-state index in [1.165, 1.54) is 31.5 Å². The van der Waals surface area contributed by atoms with E-state index in [4.69, 9.17) is 4.74 Å². The average Bonchev–Trinajstić information content (AvgIpc) is 2.97. The fourth-order valence-electron chi connectivity index (χ4n) is 2.14. The van der Waals surface area contributed by atoms with Crippen molar-refractivity contribution in [1.82, 2.24) is 9.38 Å². The Morgan fingerprint density at radius 1 is 1.08 bits per heavy atom. The van der Waals surface area contributed by atoms with E-state index in [9.17, 15) is 18.0 Å². The van der Waals surface area contributed by atoms with E-state index in [2.05, 4.69) is 9.72 Å². The lowest BCUT2D eigenvalue weighted by Gasteiger charge is -2.06. The number of benzene rings is 1. The third-order valence-electron chi connectivity index (χ3n) is 3.30. The number of aromatic nitrogens is 2. The molecule has 1 aromatic carbocycles. The maximum atomic E-state index is 12.6. The molecule has 0 aliphatic carbocycles. The molecule has 0 radical (unpaired) electrons. The molecule has 5 nitrogen and oxygen atoms in total. The van der Waals surface area contributed by atoms with Gasteiger partial charge in [-0.15, -0.1) is 0 Å². The Hall–Kier alpha value is -3.03. The molecular weight excluding hydrogens is 325 g/mol. The van der Waals surface area contributed by atoms with Gasteiger partial charge in [-0.2, -0.15) is 13.2 Å². The van der Waals surface area contributed by atoms with Crippen molar-refractivity contribution in [2.45, 2.75) is 6.18 Å². The summed E-state index contributed by atoms with van der Waals surface area (Å²) in [5.74, 6) is 0.255. The number of halogens is 3. The van der Waals surface area contributed by atoms with Gasteiger partial charge >= 0.3 is 12.3 Å². The maximum absolute atomic E-state index is 12.6. The number of pyridine rings is 1. The summed E-state index contributed by atoms with van der Waals surface area (Å²) < 4.78 is 48.7. The minimum Gasteiger partial charge on any atom is -0.437 e.